The second-order valence-electron chi connectivity index (χ2n) is 13.2. The molecule has 58 heavy (non-hydrogen) atoms. The van der Waals surface area contributed by atoms with E-state index < -0.39 is 43.2 Å². The van der Waals surface area contributed by atoms with E-state index in [1.54, 1.807) is 109 Å². The summed E-state index contributed by atoms with van der Waals surface area (Å²) in [5, 5.41) is 0. The molecule has 2 aliphatic rings. The fourth-order valence-electron chi connectivity index (χ4n) is 6.92. The van der Waals surface area contributed by atoms with E-state index in [2.05, 4.69) is 0 Å². The largest absolute Gasteiger partial charge is 0.286 e. The van der Waals surface area contributed by atoms with Gasteiger partial charge in [-0.3, -0.25) is 19.2 Å². The second-order valence-corrected chi connectivity index (χ2v) is 16.8. The van der Waals surface area contributed by atoms with Gasteiger partial charge in [-0.1, -0.05) is 127 Å². The van der Waals surface area contributed by atoms with Crippen LogP contribution in [0.2, 0.25) is 0 Å². The fraction of sp³-hybridized carbons (Fsp3) is 0. The third kappa shape index (κ3) is 6.59. The Morgan fingerprint density at radius 2 is 0.793 bits per heavy atom. The smallest absolute Gasteiger partial charge is 0.268 e. The van der Waals surface area contributed by atoms with E-state index in [9.17, 15) is 36.0 Å². The van der Waals surface area contributed by atoms with Gasteiger partial charge < -0.3 is 0 Å². The van der Waals surface area contributed by atoms with Crippen molar-refractivity contribution < 1.29 is 36.0 Å². The quantitative estimate of drug-likeness (QED) is 0.149. The van der Waals surface area contributed by atoms with Crippen molar-refractivity contribution in [3.8, 4) is 22.3 Å². The van der Waals surface area contributed by atoms with Crippen LogP contribution in [-0.4, -0.2) is 47.9 Å². The number of hydrogen-bond acceptors (Lipinski definition) is 8. The van der Waals surface area contributed by atoms with Crippen LogP contribution in [0.15, 0.2) is 186 Å². The molecule has 0 N–H and O–H groups in total. The maximum absolute atomic E-state index is 13.7. The van der Waals surface area contributed by atoms with Crippen molar-refractivity contribution in [3.05, 3.63) is 204 Å². The van der Waals surface area contributed by atoms with Crippen molar-refractivity contribution in [1.82, 2.24) is 7.94 Å². The van der Waals surface area contributed by atoms with Crippen molar-refractivity contribution in [1.29, 1.82) is 0 Å². The summed E-state index contributed by atoms with van der Waals surface area (Å²) in [6.07, 6.45) is 6.56. The van der Waals surface area contributed by atoms with Crippen molar-refractivity contribution in [3.63, 3.8) is 0 Å². The van der Waals surface area contributed by atoms with E-state index in [1.165, 1.54) is 48.8 Å². The van der Waals surface area contributed by atoms with Gasteiger partial charge in [0.1, 0.15) is 0 Å². The second kappa shape index (κ2) is 15.0. The number of carbonyl (C=O) groups is 4. The molecule has 0 spiro atoms. The maximum Gasteiger partial charge on any atom is 0.268 e. The van der Waals surface area contributed by atoms with Gasteiger partial charge in [0.05, 0.1) is 32.3 Å². The molecule has 0 bridgehead atoms. The molecule has 0 radical (unpaired) electrons. The highest BCUT2D eigenvalue weighted by atomic mass is 32.2. The minimum absolute atomic E-state index is 0.0918. The van der Waals surface area contributed by atoms with Gasteiger partial charge in [0.2, 0.25) is 23.1 Å². The van der Waals surface area contributed by atoms with Crippen LogP contribution >= 0.6 is 0 Å². The molecule has 0 fully saturated rings. The van der Waals surface area contributed by atoms with Crippen LogP contribution in [0.5, 0.6) is 0 Å². The zero-order valence-corrected chi connectivity index (χ0v) is 31.9. The van der Waals surface area contributed by atoms with Gasteiger partial charge in [-0.2, -0.15) is 0 Å². The van der Waals surface area contributed by atoms with Gasteiger partial charge >= 0.3 is 0 Å². The Bertz CT molecular complexity index is 3060. The highest BCUT2D eigenvalue weighted by Crippen LogP contribution is 2.40. The molecule has 2 aliphatic carbocycles. The molecule has 0 unspecified atom stereocenters. The Morgan fingerprint density at radius 1 is 0.397 bits per heavy atom. The zero-order chi connectivity index (χ0) is 40.6. The van der Waals surface area contributed by atoms with Crippen LogP contribution < -0.4 is 0 Å². The van der Waals surface area contributed by atoms with Crippen LogP contribution in [0, 0.1) is 0 Å². The van der Waals surface area contributed by atoms with Gasteiger partial charge in [-0.25, -0.2) is 24.8 Å². The first-order chi connectivity index (χ1) is 28.0. The Morgan fingerprint density at radius 3 is 1.29 bits per heavy atom. The molecule has 0 saturated heterocycles. The van der Waals surface area contributed by atoms with E-state index in [-0.39, 0.29) is 32.3 Å². The SMILES string of the molecule is O=C1C=C(c2ccccc2)c2c(c(-c3ccccc3)cn2S(=O)(=O)c2ccccc2)C1=O.O=C1C=Cc2c(c(-c3ccccc3)cn2S(=O)(=O)c2ccccc2)C1=O. The molecule has 284 valence electrons. The van der Waals surface area contributed by atoms with Crippen LogP contribution in [0.1, 0.15) is 37.7 Å². The van der Waals surface area contributed by atoms with E-state index in [4.69, 9.17) is 0 Å². The van der Waals surface area contributed by atoms with Crippen molar-refractivity contribution in [2.45, 2.75) is 9.79 Å². The number of nitrogens with zero attached hydrogens (tertiary/aromatic N) is 2. The van der Waals surface area contributed by atoms with Gasteiger partial charge in [-0.05, 0) is 59.2 Å². The summed E-state index contributed by atoms with van der Waals surface area (Å²) in [7, 11) is -7.94. The molecule has 2 heterocycles. The Hall–Kier alpha value is -7.28. The van der Waals surface area contributed by atoms with Crippen molar-refractivity contribution in [2.75, 3.05) is 0 Å². The van der Waals surface area contributed by atoms with Crippen molar-refractivity contribution >= 4 is 54.8 Å². The molecule has 5 aromatic carbocycles. The molecule has 2 aromatic heterocycles. The average molecular weight is 803 g/mol. The summed E-state index contributed by atoms with van der Waals surface area (Å²) in [6.45, 7) is 0. The molecular formula is C46H30N2O8S2. The lowest BCUT2D eigenvalue weighted by molar-refractivity contribution is -0.111. The van der Waals surface area contributed by atoms with Gasteiger partial charge in [0.25, 0.3) is 20.0 Å². The topological polar surface area (TPSA) is 146 Å². The number of rotatable bonds is 7. The third-order valence-electron chi connectivity index (χ3n) is 9.66. The summed E-state index contributed by atoms with van der Waals surface area (Å²) >= 11 is 0. The molecule has 12 heteroatoms. The van der Waals surface area contributed by atoms with Crippen LogP contribution in [0.25, 0.3) is 33.9 Å². The number of fused-ring (bicyclic) bond motifs is 2. The van der Waals surface area contributed by atoms with E-state index >= 15 is 0 Å². The van der Waals surface area contributed by atoms with Crippen LogP contribution in [0.3, 0.4) is 0 Å². The minimum atomic E-state index is -4.04. The molecule has 7 aromatic rings. The van der Waals surface area contributed by atoms with Gasteiger partial charge in [0.15, 0.2) is 0 Å². The van der Waals surface area contributed by atoms with E-state index in [1.807, 2.05) is 18.2 Å². The average Bonchev–Trinajstić information content (AvgIpc) is 3.87. The summed E-state index contributed by atoms with van der Waals surface area (Å²) in [4.78, 5) is 50.3. The molecule has 0 amide bonds. The summed E-state index contributed by atoms with van der Waals surface area (Å²) in [6, 6.07) is 42.9. The molecule has 10 nitrogen and oxygen atoms in total. The normalized spacial score (nSPS) is 13.6. The highest BCUT2D eigenvalue weighted by molar-refractivity contribution is 7.90. The number of hydrogen-bond donors (Lipinski definition) is 0. The Labute approximate surface area is 333 Å². The number of Topliss-reactive ketones (excluding diaryl/α,β-unsaturated/α-hetero) is 2. The standard InChI is InChI=1S/C26H17NO4S.C20H13NO4S/c28-23-16-21(18-10-4-1-5-11-18)25-24(26(23)29)22(19-12-6-2-7-13-19)17-27(25)32(30,31)20-14-8-3-9-15-20;22-18-12-11-17-19(20(18)23)16(14-7-3-1-4-8-14)13-21(17)26(24,25)15-9-5-2-6-10-15/h1-17H;1-13H. The number of ketones is 4. The minimum Gasteiger partial charge on any atom is -0.286 e. The van der Waals surface area contributed by atoms with E-state index in [0.29, 0.717) is 33.4 Å². The molecule has 0 saturated carbocycles. The predicted molar refractivity (Wildman–Crippen MR) is 219 cm³/mol. The monoisotopic (exact) mass is 802 g/mol. The summed E-state index contributed by atoms with van der Waals surface area (Å²) in [5.41, 5.74) is 3.79. The van der Waals surface area contributed by atoms with E-state index in [0.717, 1.165) is 14.0 Å². The lowest BCUT2D eigenvalue weighted by atomic mass is 9.87. The zero-order valence-electron chi connectivity index (χ0n) is 30.3. The van der Waals surface area contributed by atoms with Crippen molar-refractivity contribution in [2.24, 2.45) is 0 Å². The summed E-state index contributed by atoms with van der Waals surface area (Å²) < 4.78 is 55.7. The predicted octanol–water partition coefficient (Wildman–Crippen LogP) is 7.76. The third-order valence-corrected chi connectivity index (χ3v) is 13.0. The van der Waals surface area contributed by atoms with Crippen LogP contribution in [0.4, 0.5) is 0 Å². The first-order valence-electron chi connectivity index (χ1n) is 17.8. The number of benzene rings is 5. The van der Waals surface area contributed by atoms with Gasteiger partial charge in [-0.15, -0.1) is 0 Å². The molecule has 0 atom stereocenters. The summed E-state index contributed by atoms with van der Waals surface area (Å²) in [5.74, 6) is -2.77. The number of carbonyl (C=O) groups excluding carboxylic acids is 4. The highest BCUT2D eigenvalue weighted by Gasteiger charge is 2.37. The lowest BCUT2D eigenvalue weighted by Crippen LogP contribution is -2.23. The molecular weight excluding hydrogens is 773 g/mol. The first-order valence-corrected chi connectivity index (χ1v) is 20.7. The van der Waals surface area contributed by atoms with Crippen LogP contribution in [-0.2, 0) is 29.6 Å². The maximum atomic E-state index is 13.7. The number of allylic oxidation sites excluding steroid dienone is 2. The number of aromatic nitrogens is 2. The lowest BCUT2D eigenvalue weighted by Gasteiger charge is -2.18. The Kier molecular flexibility index (Phi) is 9.73. The fourth-order valence-corrected chi connectivity index (χ4v) is 9.70. The molecule has 9 rings (SSSR count). The first kappa shape index (κ1) is 37.6. The van der Waals surface area contributed by atoms with Gasteiger partial charge in [0, 0.05) is 29.1 Å². The molecule has 0 aliphatic heterocycles. The Balaban J connectivity index is 0.000000165.